The summed E-state index contributed by atoms with van der Waals surface area (Å²) in [7, 11) is 2.45. The average Bonchev–Trinajstić information content (AvgIpc) is 2.43. The molecule has 0 amide bonds. The van der Waals surface area contributed by atoms with Crippen LogP contribution in [0, 0.1) is 11.7 Å². The van der Waals surface area contributed by atoms with Gasteiger partial charge in [-0.05, 0) is 57.6 Å². The summed E-state index contributed by atoms with van der Waals surface area (Å²) in [5.41, 5.74) is 0.843. The molecule has 1 saturated heterocycles. The molecule has 1 aliphatic heterocycles. The van der Waals surface area contributed by atoms with Gasteiger partial charge in [0.05, 0.1) is 0 Å². The first kappa shape index (κ1) is 16.4. The summed E-state index contributed by atoms with van der Waals surface area (Å²) < 4.78 is 13.4. The maximum Gasteiger partial charge on any atom is 0.491 e. The maximum absolute atomic E-state index is 13.4. The molecule has 1 aliphatic rings. The second-order valence-electron chi connectivity index (χ2n) is 6.17. The van der Waals surface area contributed by atoms with Crippen LogP contribution >= 0.6 is 0 Å². The standard InChI is InChI=1S/C15H24BFN2O2/c1-18-7-5-12(6-8-18)10-19(2)11-13-3-4-15(17)14(9-13)16(20)21/h3-4,9,12,20-21H,5-8,10-11H2,1-2H3. The monoisotopic (exact) mass is 294 g/mol. The van der Waals surface area contributed by atoms with Gasteiger partial charge in [-0.25, -0.2) is 4.39 Å². The van der Waals surface area contributed by atoms with E-state index in [1.807, 2.05) is 0 Å². The van der Waals surface area contributed by atoms with E-state index in [4.69, 9.17) is 10.0 Å². The lowest BCUT2D eigenvalue weighted by Crippen LogP contribution is -2.36. The smallest absolute Gasteiger partial charge is 0.423 e. The van der Waals surface area contributed by atoms with Gasteiger partial charge in [-0.1, -0.05) is 12.1 Å². The highest BCUT2D eigenvalue weighted by atomic mass is 19.1. The lowest BCUT2D eigenvalue weighted by Gasteiger charge is -2.31. The fourth-order valence-electron chi connectivity index (χ4n) is 2.95. The first-order chi connectivity index (χ1) is 9.95. The third-order valence-corrected chi connectivity index (χ3v) is 4.20. The fraction of sp³-hybridized carbons (Fsp3) is 0.600. The molecule has 6 heteroatoms. The van der Waals surface area contributed by atoms with Crippen molar-refractivity contribution in [3.63, 3.8) is 0 Å². The van der Waals surface area contributed by atoms with Crippen LogP contribution in [0.4, 0.5) is 4.39 Å². The molecule has 1 heterocycles. The number of benzene rings is 1. The van der Waals surface area contributed by atoms with Crippen LogP contribution in [0.15, 0.2) is 18.2 Å². The molecule has 0 saturated carbocycles. The number of piperidine rings is 1. The Morgan fingerprint density at radius 1 is 1.33 bits per heavy atom. The zero-order valence-corrected chi connectivity index (χ0v) is 12.8. The van der Waals surface area contributed by atoms with E-state index in [-0.39, 0.29) is 5.46 Å². The van der Waals surface area contributed by atoms with E-state index in [1.54, 1.807) is 6.07 Å². The fourth-order valence-corrected chi connectivity index (χ4v) is 2.95. The summed E-state index contributed by atoms with van der Waals surface area (Å²) in [6, 6.07) is 4.53. The molecule has 0 aliphatic carbocycles. The maximum atomic E-state index is 13.4. The molecule has 21 heavy (non-hydrogen) atoms. The quantitative estimate of drug-likeness (QED) is 0.766. The van der Waals surface area contributed by atoms with Crippen LogP contribution in [0.1, 0.15) is 18.4 Å². The average molecular weight is 294 g/mol. The molecular formula is C15H24BFN2O2. The van der Waals surface area contributed by atoms with E-state index in [0.29, 0.717) is 12.5 Å². The van der Waals surface area contributed by atoms with Gasteiger partial charge in [-0.2, -0.15) is 0 Å². The second-order valence-corrected chi connectivity index (χ2v) is 6.17. The summed E-state index contributed by atoms with van der Waals surface area (Å²) >= 11 is 0. The van der Waals surface area contributed by atoms with Gasteiger partial charge >= 0.3 is 7.12 Å². The Morgan fingerprint density at radius 2 is 2.00 bits per heavy atom. The van der Waals surface area contributed by atoms with E-state index in [9.17, 15) is 4.39 Å². The first-order valence-electron chi connectivity index (χ1n) is 7.47. The van der Waals surface area contributed by atoms with Gasteiger partial charge in [0.2, 0.25) is 0 Å². The molecule has 4 nitrogen and oxygen atoms in total. The Kier molecular flexibility index (Phi) is 5.76. The van der Waals surface area contributed by atoms with Crippen LogP contribution in [-0.2, 0) is 6.54 Å². The number of likely N-dealkylation sites (tertiary alicyclic amines) is 1. The van der Waals surface area contributed by atoms with Crippen LogP contribution in [0.5, 0.6) is 0 Å². The van der Waals surface area contributed by atoms with E-state index >= 15 is 0 Å². The van der Waals surface area contributed by atoms with Crippen LogP contribution < -0.4 is 5.46 Å². The lowest BCUT2D eigenvalue weighted by atomic mass is 9.79. The van der Waals surface area contributed by atoms with Gasteiger partial charge in [0.25, 0.3) is 0 Å². The lowest BCUT2D eigenvalue weighted by molar-refractivity contribution is 0.173. The number of hydrogen-bond acceptors (Lipinski definition) is 4. The normalized spacial score (nSPS) is 17.4. The minimum absolute atomic E-state index is 0.0554. The molecule has 0 spiro atoms. The summed E-state index contributed by atoms with van der Waals surface area (Å²) in [5, 5.41) is 18.3. The van der Waals surface area contributed by atoms with Crippen molar-refractivity contribution in [3.8, 4) is 0 Å². The van der Waals surface area contributed by atoms with Gasteiger partial charge in [0, 0.05) is 18.6 Å². The Morgan fingerprint density at radius 3 is 2.62 bits per heavy atom. The van der Waals surface area contributed by atoms with Crippen molar-refractivity contribution in [1.29, 1.82) is 0 Å². The second kappa shape index (κ2) is 7.36. The van der Waals surface area contributed by atoms with Crippen molar-refractivity contribution in [2.75, 3.05) is 33.7 Å². The number of rotatable bonds is 5. The Labute approximate surface area is 126 Å². The minimum Gasteiger partial charge on any atom is -0.423 e. The first-order valence-corrected chi connectivity index (χ1v) is 7.47. The van der Waals surface area contributed by atoms with Crippen molar-refractivity contribution in [3.05, 3.63) is 29.6 Å². The van der Waals surface area contributed by atoms with Crippen LogP contribution in [0.25, 0.3) is 0 Å². The predicted octanol–water partition coefficient (Wildman–Crippen LogP) is 0.279. The highest BCUT2D eigenvalue weighted by molar-refractivity contribution is 6.58. The SMILES string of the molecule is CN1CCC(CN(C)Cc2ccc(F)c(B(O)O)c2)CC1. The van der Waals surface area contributed by atoms with Crippen LogP contribution in [-0.4, -0.2) is 60.7 Å². The van der Waals surface area contributed by atoms with Crippen molar-refractivity contribution >= 4 is 12.6 Å². The van der Waals surface area contributed by atoms with Gasteiger partial charge in [-0.3, -0.25) is 0 Å². The highest BCUT2D eigenvalue weighted by Gasteiger charge is 2.20. The summed E-state index contributed by atoms with van der Waals surface area (Å²) in [5.74, 6) is 0.126. The zero-order valence-electron chi connectivity index (χ0n) is 12.8. The largest absolute Gasteiger partial charge is 0.491 e. The molecule has 1 aromatic carbocycles. The Balaban J connectivity index is 1.90. The molecule has 0 aromatic heterocycles. The van der Waals surface area contributed by atoms with Gasteiger partial charge in [0.1, 0.15) is 5.82 Å². The highest BCUT2D eigenvalue weighted by Crippen LogP contribution is 2.17. The molecule has 0 atom stereocenters. The molecular weight excluding hydrogens is 270 g/mol. The van der Waals surface area contributed by atoms with Crippen molar-refractivity contribution in [2.45, 2.75) is 19.4 Å². The predicted molar refractivity (Wildman–Crippen MR) is 82.8 cm³/mol. The topological polar surface area (TPSA) is 46.9 Å². The molecule has 0 unspecified atom stereocenters. The minimum atomic E-state index is -1.76. The van der Waals surface area contributed by atoms with E-state index in [0.717, 1.165) is 25.2 Å². The summed E-state index contributed by atoms with van der Waals surface area (Å²) in [6.07, 6.45) is 2.43. The zero-order chi connectivity index (χ0) is 15.4. The van der Waals surface area contributed by atoms with E-state index < -0.39 is 12.9 Å². The van der Waals surface area contributed by atoms with Crippen LogP contribution in [0.3, 0.4) is 0 Å². The molecule has 1 aromatic rings. The summed E-state index contributed by atoms with van der Waals surface area (Å²) in [4.78, 5) is 4.57. The molecule has 0 radical (unpaired) electrons. The molecule has 1 fully saturated rings. The third-order valence-electron chi connectivity index (χ3n) is 4.20. The molecule has 2 rings (SSSR count). The van der Waals surface area contributed by atoms with Crippen molar-refractivity contribution in [2.24, 2.45) is 5.92 Å². The van der Waals surface area contributed by atoms with E-state index in [1.165, 1.54) is 25.0 Å². The molecule has 0 bridgehead atoms. The van der Waals surface area contributed by atoms with Gasteiger partial charge in [-0.15, -0.1) is 0 Å². The van der Waals surface area contributed by atoms with Crippen molar-refractivity contribution < 1.29 is 14.4 Å². The van der Waals surface area contributed by atoms with Crippen molar-refractivity contribution in [1.82, 2.24) is 9.80 Å². The molecule has 2 N–H and O–H groups in total. The molecule has 116 valence electrons. The number of halogens is 1. The Hall–Kier alpha value is -0.945. The van der Waals surface area contributed by atoms with Gasteiger partial charge < -0.3 is 19.8 Å². The summed E-state index contributed by atoms with van der Waals surface area (Å²) in [6.45, 7) is 4.00. The van der Waals surface area contributed by atoms with Gasteiger partial charge in [0.15, 0.2) is 0 Å². The van der Waals surface area contributed by atoms with E-state index in [2.05, 4.69) is 23.9 Å². The van der Waals surface area contributed by atoms with Crippen LogP contribution in [0.2, 0.25) is 0 Å². The third kappa shape index (κ3) is 4.78. The number of nitrogens with zero attached hydrogens (tertiary/aromatic N) is 2. The Bertz CT molecular complexity index is 465. The number of hydrogen-bond donors (Lipinski definition) is 2.